The van der Waals surface area contributed by atoms with Crippen LogP contribution in [0.4, 0.5) is 8.63 Å². The first-order valence-electron chi connectivity index (χ1n) is 5.04. The molecule has 1 N–H and O–H groups in total. The van der Waals surface area contributed by atoms with E-state index in [1.807, 2.05) is 19.9 Å². The van der Waals surface area contributed by atoms with E-state index in [0.717, 1.165) is 21.4 Å². The molecule has 1 aromatic rings. The smallest absolute Gasteiger partial charge is 0.359 e. The Labute approximate surface area is 93.2 Å². The van der Waals surface area contributed by atoms with Crippen LogP contribution in [0.2, 0.25) is 0 Å². The van der Waals surface area contributed by atoms with Crippen LogP contribution >= 0.6 is 0 Å². The maximum absolute atomic E-state index is 12.6. The molecule has 16 heavy (non-hydrogen) atoms. The minimum atomic E-state index is -2.50. The first-order valence-corrected chi connectivity index (χ1v) is 5.04. The second-order valence-electron chi connectivity index (χ2n) is 3.81. The number of aromatic nitrogens is 1. The number of nitrogens with zero attached hydrogens (tertiary/aromatic N) is 1. The number of nitrogens with one attached hydrogen (secondary N) is 1. The van der Waals surface area contributed by atoms with E-state index in [1.165, 1.54) is 6.21 Å². The number of rotatable bonds is 2. The van der Waals surface area contributed by atoms with Crippen LogP contribution in [0.1, 0.15) is 17.0 Å². The summed E-state index contributed by atoms with van der Waals surface area (Å²) in [4.78, 5) is 3.13. The van der Waals surface area contributed by atoms with Crippen LogP contribution in [0.15, 0.2) is 23.9 Å². The monoisotopic (exact) mass is 221 g/mol. The van der Waals surface area contributed by atoms with Gasteiger partial charge >= 0.3 is 7.40 Å². The summed E-state index contributed by atoms with van der Waals surface area (Å²) in [7, 11) is -2.50. The highest BCUT2D eigenvalue weighted by molar-refractivity contribution is 6.34. The fourth-order valence-corrected chi connectivity index (χ4v) is 1.75. The van der Waals surface area contributed by atoms with Gasteiger partial charge in [-0.15, -0.1) is 0 Å². The molecular weight excluding hydrogens is 209 g/mol. The molecule has 0 aromatic carbocycles. The third kappa shape index (κ3) is 1.98. The summed E-state index contributed by atoms with van der Waals surface area (Å²) in [5.74, 6) is 0. The number of halogens is 2. The van der Waals surface area contributed by atoms with Gasteiger partial charge in [-0.05, 0) is 25.5 Å². The molecule has 0 aliphatic carbocycles. The quantitative estimate of drug-likeness (QED) is 0.740. The van der Waals surface area contributed by atoms with Gasteiger partial charge < -0.3 is 4.98 Å². The molecule has 1 aliphatic rings. The molecule has 82 valence electrons. The maximum Gasteiger partial charge on any atom is 0.934 e. The molecule has 0 unspecified atom stereocenters. The lowest BCUT2D eigenvalue weighted by Gasteiger charge is -1.95. The van der Waals surface area contributed by atoms with Gasteiger partial charge in [-0.1, -0.05) is 0 Å². The molecule has 0 spiro atoms. The highest BCUT2D eigenvalue weighted by atomic mass is 19.2. The van der Waals surface area contributed by atoms with Gasteiger partial charge in [0.2, 0.25) is 0 Å². The summed E-state index contributed by atoms with van der Waals surface area (Å²) in [6, 6.07) is 1.99. The molecule has 0 atom stereocenters. The molecule has 1 aliphatic heterocycles. The lowest BCUT2D eigenvalue weighted by Crippen LogP contribution is -2.19. The second-order valence-corrected chi connectivity index (χ2v) is 3.81. The van der Waals surface area contributed by atoms with Crippen LogP contribution in [0.25, 0.3) is 6.08 Å². The molecule has 0 amide bonds. The van der Waals surface area contributed by atoms with Gasteiger partial charge in [-0.2, -0.15) is 0 Å². The topological polar surface area (TPSA) is 18.8 Å². The van der Waals surface area contributed by atoms with Crippen LogP contribution in [-0.2, 0) is 0 Å². The van der Waals surface area contributed by atoms with Gasteiger partial charge in [0.25, 0.3) is 0 Å². The Morgan fingerprint density at radius 3 is 2.69 bits per heavy atom. The number of hydrogen-bond donors (Lipinski definition) is 1. The Morgan fingerprint density at radius 2 is 2.12 bits per heavy atom. The molecule has 1 aromatic heterocycles. The van der Waals surface area contributed by atoms with E-state index in [-0.39, 0.29) is 0 Å². The van der Waals surface area contributed by atoms with Crippen molar-refractivity contribution < 1.29 is 13.1 Å². The Balaban J connectivity index is 2.35. The molecular formula is C11H12BF2N2+. The Morgan fingerprint density at radius 1 is 1.38 bits per heavy atom. The minimum Gasteiger partial charge on any atom is -0.359 e. The van der Waals surface area contributed by atoms with E-state index in [4.69, 9.17) is 0 Å². The van der Waals surface area contributed by atoms with Crippen LogP contribution in [-0.4, -0.2) is 23.1 Å². The van der Waals surface area contributed by atoms with Crippen molar-refractivity contribution in [3.63, 3.8) is 0 Å². The number of allylic oxidation sites excluding steroid dienone is 2. The predicted molar refractivity (Wildman–Crippen MR) is 61.7 cm³/mol. The fraction of sp³-hybridized carbons (Fsp3) is 0.182. The van der Waals surface area contributed by atoms with E-state index in [1.54, 1.807) is 18.2 Å². The average Bonchev–Trinajstić information content (AvgIpc) is 2.75. The zero-order valence-electron chi connectivity index (χ0n) is 9.17. The summed E-state index contributed by atoms with van der Waals surface area (Å²) in [5, 5.41) is 0. The highest BCUT2D eigenvalue weighted by Crippen LogP contribution is 2.17. The Bertz CT molecular complexity index is 498. The number of aromatic amines is 1. The first kappa shape index (κ1) is 10.9. The Kier molecular flexibility index (Phi) is 2.77. The molecule has 2 rings (SSSR count). The van der Waals surface area contributed by atoms with Crippen LogP contribution in [0, 0.1) is 13.8 Å². The lowest BCUT2D eigenvalue weighted by molar-refractivity contribution is -0.335. The molecule has 2 heterocycles. The van der Waals surface area contributed by atoms with E-state index in [9.17, 15) is 8.63 Å². The molecule has 0 saturated heterocycles. The molecule has 0 bridgehead atoms. The van der Waals surface area contributed by atoms with Crippen molar-refractivity contribution >= 4 is 19.7 Å². The van der Waals surface area contributed by atoms with Gasteiger partial charge in [-0.3, -0.25) is 0 Å². The summed E-state index contributed by atoms with van der Waals surface area (Å²) in [5.41, 5.74) is 3.46. The summed E-state index contributed by atoms with van der Waals surface area (Å²) in [6.45, 7) is 3.89. The molecule has 2 nitrogen and oxygen atoms in total. The van der Waals surface area contributed by atoms with E-state index < -0.39 is 7.40 Å². The summed E-state index contributed by atoms with van der Waals surface area (Å²) in [6.07, 6.45) is 6.39. The van der Waals surface area contributed by atoms with Gasteiger partial charge in [-0.25, -0.2) is 13.1 Å². The van der Waals surface area contributed by atoms with Crippen LogP contribution < -0.4 is 0 Å². The number of H-pyrrole nitrogens is 1. The number of hydrogen-bond acceptors (Lipinski definition) is 0. The maximum atomic E-state index is 12.6. The lowest BCUT2D eigenvalue weighted by atomic mass is 10.1. The second kappa shape index (κ2) is 4.08. The first-order chi connectivity index (χ1) is 7.58. The Hall–Kier alpha value is -1.65. The van der Waals surface area contributed by atoms with Gasteiger partial charge in [0.1, 0.15) is 6.21 Å². The van der Waals surface area contributed by atoms with Crippen LogP contribution in [0.3, 0.4) is 0 Å². The number of aryl methyl sites for hydroxylation is 2. The van der Waals surface area contributed by atoms with E-state index in [2.05, 4.69) is 4.98 Å². The highest BCUT2D eigenvalue weighted by Gasteiger charge is 2.37. The van der Waals surface area contributed by atoms with Crippen molar-refractivity contribution in [3.05, 3.63) is 40.9 Å². The molecule has 0 fully saturated rings. The zero-order valence-corrected chi connectivity index (χ0v) is 9.17. The van der Waals surface area contributed by atoms with Crippen molar-refractivity contribution in [2.24, 2.45) is 0 Å². The van der Waals surface area contributed by atoms with Crippen molar-refractivity contribution in [2.75, 3.05) is 0 Å². The van der Waals surface area contributed by atoms with Gasteiger partial charge in [0.15, 0.2) is 5.70 Å². The molecule has 5 heteroatoms. The van der Waals surface area contributed by atoms with Crippen molar-refractivity contribution in [1.82, 2.24) is 4.98 Å². The molecule has 0 saturated carbocycles. The van der Waals surface area contributed by atoms with Gasteiger partial charge in [0.05, 0.1) is 0 Å². The van der Waals surface area contributed by atoms with E-state index in [0.29, 0.717) is 5.70 Å². The summed E-state index contributed by atoms with van der Waals surface area (Å²) >= 11 is 0. The van der Waals surface area contributed by atoms with E-state index >= 15 is 0 Å². The summed E-state index contributed by atoms with van der Waals surface area (Å²) < 4.78 is 26.1. The zero-order chi connectivity index (χ0) is 11.7. The average molecular weight is 221 g/mol. The minimum absolute atomic E-state index is 0.500. The van der Waals surface area contributed by atoms with Crippen LogP contribution in [0.5, 0.6) is 0 Å². The van der Waals surface area contributed by atoms with Crippen molar-refractivity contribution in [2.45, 2.75) is 13.8 Å². The largest absolute Gasteiger partial charge is 0.934 e. The third-order valence-electron chi connectivity index (χ3n) is 2.50. The SMILES string of the molecule is Cc1cc(C)c(/C=C2/C=CC=[N+]2B(F)F)[nH]1. The van der Waals surface area contributed by atoms with Gasteiger partial charge in [0, 0.05) is 29.6 Å². The predicted octanol–water partition coefficient (Wildman–Crippen LogP) is 2.55. The third-order valence-corrected chi connectivity index (χ3v) is 2.50. The van der Waals surface area contributed by atoms with Crippen molar-refractivity contribution in [3.8, 4) is 0 Å². The molecule has 0 radical (unpaired) electrons. The fourth-order valence-electron chi connectivity index (χ4n) is 1.75. The normalized spacial score (nSPS) is 17.0. The standard InChI is InChI=1S/C11H11BF2N2/c1-8-6-9(2)15-11(8)7-10-4-3-5-16(10)12(13)14/h3-7H,1-2H3/p+1. The van der Waals surface area contributed by atoms with Crippen molar-refractivity contribution in [1.29, 1.82) is 0 Å².